The van der Waals surface area contributed by atoms with Crippen LogP contribution in [0.2, 0.25) is 5.02 Å². The van der Waals surface area contributed by atoms with Gasteiger partial charge in [-0.05, 0) is 12.1 Å². The van der Waals surface area contributed by atoms with Gasteiger partial charge in [-0.3, -0.25) is 4.79 Å². The summed E-state index contributed by atoms with van der Waals surface area (Å²) in [5, 5.41) is 0.582. The van der Waals surface area contributed by atoms with Crippen molar-refractivity contribution in [2.45, 2.75) is 18.9 Å². The molecular formula is C12H13ClO3. The van der Waals surface area contributed by atoms with E-state index in [1.165, 1.54) is 0 Å². The average Bonchev–Trinajstić information content (AvgIpc) is 2.28. The number of carbonyl (C=O) groups is 1. The Labute approximate surface area is 99.3 Å². The fourth-order valence-corrected chi connectivity index (χ4v) is 2.07. The zero-order valence-electron chi connectivity index (χ0n) is 9.03. The summed E-state index contributed by atoms with van der Waals surface area (Å²) in [6.07, 6.45) is 0.704. The van der Waals surface area contributed by atoms with E-state index >= 15 is 0 Å². The first-order chi connectivity index (χ1) is 7.70. The number of ether oxygens (including phenoxy) is 2. The third-order valence-electron chi connectivity index (χ3n) is 2.67. The lowest BCUT2D eigenvalue weighted by atomic mass is 10.0. The number of benzene rings is 1. The van der Waals surface area contributed by atoms with Crippen molar-refractivity contribution in [2.24, 2.45) is 0 Å². The molecule has 1 fully saturated rings. The van der Waals surface area contributed by atoms with Crippen molar-refractivity contribution in [1.82, 2.24) is 0 Å². The second-order valence-electron chi connectivity index (χ2n) is 3.74. The third-order valence-corrected chi connectivity index (χ3v) is 2.99. The number of methoxy groups -OCH3 is 1. The number of carbonyl (C=O) groups excluding carboxylic acids is 1. The minimum atomic E-state index is -0.209. The SMILES string of the molecule is COc1ccc(C2CC(=O)CCO2)c(Cl)c1. The Balaban J connectivity index is 2.22. The second kappa shape index (κ2) is 4.85. The van der Waals surface area contributed by atoms with Crippen molar-refractivity contribution < 1.29 is 14.3 Å². The minimum absolute atomic E-state index is 0.209. The Morgan fingerprint density at radius 3 is 2.94 bits per heavy atom. The lowest BCUT2D eigenvalue weighted by molar-refractivity contribution is -0.128. The molecule has 0 saturated carbocycles. The quantitative estimate of drug-likeness (QED) is 0.798. The van der Waals surface area contributed by atoms with E-state index in [9.17, 15) is 4.79 Å². The van der Waals surface area contributed by atoms with Gasteiger partial charge in [-0.1, -0.05) is 17.7 Å². The Morgan fingerprint density at radius 2 is 2.31 bits per heavy atom. The maximum atomic E-state index is 11.3. The molecule has 2 rings (SSSR count). The van der Waals surface area contributed by atoms with Crippen molar-refractivity contribution >= 4 is 17.4 Å². The van der Waals surface area contributed by atoms with Crippen LogP contribution in [0.1, 0.15) is 24.5 Å². The normalized spacial score (nSPS) is 20.9. The molecule has 3 nitrogen and oxygen atoms in total. The van der Waals surface area contributed by atoms with Crippen LogP contribution in [0, 0.1) is 0 Å². The maximum absolute atomic E-state index is 11.3. The van der Waals surface area contributed by atoms with Crippen LogP contribution < -0.4 is 4.74 Å². The molecule has 1 saturated heterocycles. The Morgan fingerprint density at radius 1 is 1.50 bits per heavy atom. The zero-order chi connectivity index (χ0) is 11.5. The average molecular weight is 241 g/mol. The van der Waals surface area contributed by atoms with Gasteiger partial charge in [0.2, 0.25) is 0 Å². The first kappa shape index (κ1) is 11.4. The summed E-state index contributed by atoms with van der Waals surface area (Å²) < 4.78 is 10.6. The highest BCUT2D eigenvalue weighted by Crippen LogP contribution is 2.33. The predicted molar refractivity (Wildman–Crippen MR) is 60.9 cm³/mol. The summed E-state index contributed by atoms with van der Waals surface area (Å²) in [7, 11) is 1.59. The topological polar surface area (TPSA) is 35.5 Å². The predicted octanol–water partition coefficient (Wildman–Crippen LogP) is 2.77. The van der Waals surface area contributed by atoms with Crippen LogP contribution in [0.5, 0.6) is 5.75 Å². The summed E-state index contributed by atoms with van der Waals surface area (Å²) >= 11 is 6.12. The van der Waals surface area contributed by atoms with Crippen molar-refractivity contribution in [3.63, 3.8) is 0 Å². The molecule has 1 aliphatic rings. The highest BCUT2D eigenvalue weighted by molar-refractivity contribution is 6.31. The molecule has 1 heterocycles. The van der Waals surface area contributed by atoms with Gasteiger partial charge >= 0.3 is 0 Å². The molecule has 0 aromatic heterocycles. The van der Waals surface area contributed by atoms with Gasteiger partial charge in [0.15, 0.2) is 0 Å². The zero-order valence-corrected chi connectivity index (χ0v) is 9.79. The lowest BCUT2D eigenvalue weighted by Crippen LogP contribution is -2.19. The molecule has 0 N–H and O–H groups in total. The van der Waals surface area contributed by atoms with E-state index in [1.54, 1.807) is 13.2 Å². The van der Waals surface area contributed by atoms with E-state index < -0.39 is 0 Å². The molecule has 0 amide bonds. The number of rotatable bonds is 2. The highest BCUT2D eigenvalue weighted by atomic mass is 35.5. The van der Waals surface area contributed by atoms with E-state index in [4.69, 9.17) is 21.1 Å². The van der Waals surface area contributed by atoms with Crippen molar-refractivity contribution in [1.29, 1.82) is 0 Å². The van der Waals surface area contributed by atoms with Crippen LogP contribution in [0.25, 0.3) is 0 Å². The summed E-state index contributed by atoms with van der Waals surface area (Å²) in [5.41, 5.74) is 0.857. The lowest BCUT2D eigenvalue weighted by Gasteiger charge is -2.23. The first-order valence-corrected chi connectivity index (χ1v) is 5.55. The van der Waals surface area contributed by atoms with E-state index in [0.717, 1.165) is 5.56 Å². The van der Waals surface area contributed by atoms with Crippen LogP contribution in [-0.4, -0.2) is 19.5 Å². The minimum Gasteiger partial charge on any atom is -0.497 e. The molecule has 0 bridgehead atoms. The standard InChI is InChI=1S/C12H13ClO3/c1-15-9-2-3-10(11(13)7-9)12-6-8(14)4-5-16-12/h2-3,7,12H,4-6H2,1H3. The fraction of sp³-hybridized carbons (Fsp3) is 0.417. The molecule has 4 heteroatoms. The molecule has 1 aliphatic heterocycles. The van der Waals surface area contributed by atoms with Gasteiger partial charge in [-0.25, -0.2) is 0 Å². The molecule has 0 spiro atoms. The molecule has 1 atom stereocenters. The monoisotopic (exact) mass is 240 g/mol. The van der Waals surface area contributed by atoms with E-state index in [1.807, 2.05) is 12.1 Å². The summed E-state index contributed by atoms with van der Waals surface area (Å²) in [4.78, 5) is 11.3. The van der Waals surface area contributed by atoms with Gasteiger partial charge in [-0.2, -0.15) is 0 Å². The number of halogens is 1. The van der Waals surface area contributed by atoms with Crippen LogP contribution in [0.15, 0.2) is 18.2 Å². The molecule has 0 radical (unpaired) electrons. The van der Waals surface area contributed by atoms with Crippen LogP contribution in [-0.2, 0) is 9.53 Å². The molecule has 0 aliphatic carbocycles. The maximum Gasteiger partial charge on any atom is 0.138 e. The molecule has 1 aromatic carbocycles. The first-order valence-electron chi connectivity index (χ1n) is 5.17. The summed E-state index contributed by atoms with van der Waals surface area (Å²) in [5.74, 6) is 0.930. The largest absolute Gasteiger partial charge is 0.497 e. The second-order valence-corrected chi connectivity index (χ2v) is 4.15. The van der Waals surface area contributed by atoms with Gasteiger partial charge < -0.3 is 9.47 Å². The van der Waals surface area contributed by atoms with Crippen LogP contribution in [0.4, 0.5) is 0 Å². The van der Waals surface area contributed by atoms with E-state index in [-0.39, 0.29) is 11.9 Å². The van der Waals surface area contributed by atoms with Crippen LogP contribution in [0.3, 0.4) is 0 Å². The number of Topliss-reactive ketones (excluding diaryl/α,β-unsaturated/α-hetero) is 1. The fourth-order valence-electron chi connectivity index (χ4n) is 1.78. The van der Waals surface area contributed by atoms with Gasteiger partial charge in [0.05, 0.1) is 24.8 Å². The van der Waals surface area contributed by atoms with Gasteiger partial charge in [0.25, 0.3) is 0 Å². The molecule has 1 aromatic rings. The summed E-state index contributed by atoms with van der Waals surface area (Å²) in [6.45, 7) is 0.478. The number of ketones is 1. The van der Waals surface area contributed by atoms with Gasteiger partial charge in [-0.15, -0.1) is 0 Å². The van der Waals surface area contributed by atoms with Crippen LogP contribution >= 0.6 is 11.6 Å². The Bertz CT molecular complexity index is 403. The van der Waals surface area contributed by atoms with Gasteiger partial charge in [0.1, 0.15) is 11.5 Å². The Hall–Kier alpha value is -1.06. The van der Waals surface area contributed by atoms with E-state index in [2.05, 4.69) is 0 Å². The molecule has 86 valence electrons. The van der Waals surface area contributed by atoms with Gasteiger partial charge in [0, 0.05) is 18.4 Å². The van der Waals surface area contributed by atoms with Crippen molar-refractivity contribution in [3.8, 4) is 5.75 Å². The smallest absolute Gasteiger partial charge is 0.138 e. The Kier molecular flexibility index (Phi) is 3.46. The van der Waals surface area contributed by atoms with Crippen molar-refractivity contribution in [3.05, 3.63) is 28.8 Å². The van der Waals surface area contributed by atoms with Crippen molar-refractivity contribution in [2.75, 3.05) is 13.7 Å². The summed E-state index contributed by atoms with van der Waals surface area (Å²) in [6, 6.07) is 5.41. The number of hydrogen-bond acceptors (Lipinski definition) is 3. The van der Waals surface area contributed by atoms with E-state index in [0.29, 0.717) is 30.2 Å². The molecule has 1 unspecified atom stereocenters. The number of hydrogen-bond donors (Lipinski definition) is 0. The molecule has 16 heavy (non-hydrogen) atoms. The highest BCUT2D eigenvalue weighted by Gasteiger charge is 2.23. The third kappa shape index (κ3) is 2.36. The molecular weight excluding hydrogens is 228 g/mol.